The average Bonchev–Trinajstić information content (AvgIpc) is 3.80. The second kappa shape index (κ2) is 22.9. The number of hydrogen-bond acceptors (Lipinski definition) is 16. The van der Waals surface area contributed by atoms with Gasteiger partial charge in [0.05, 0.1) is 22.6 Å². The van der Waals surface area contributed by atoms with Gasteiger partial charge >= 0.3 is 18.0 Å². The number of aliphatic carboxylic acids is 1. The maximum Gasteiger partial charge on any atom is 0.410 e. The number of aromatic nitrogens is 1. The van der Waals surface area contributed by atoms with E-state index in [0.29, 0.717) is 86.6 Å². The number of aromatic carboxylic acids is 1. The van der Waals surface area contributed by atoms with E-state index in [1.165, 1.54) is 18.0 Å². The molecular weight excluding hydrogens is 1010 g/mol. The number of anilines is 1. The maximum atomic E-state index is 15.6. The van der Waals surface area contributed by atoms with Crippen LogP contribution in [0.5, 0.6) is 5.75 Å². The zero-order valence-electron chi connectivity index (χ0n) is 42.0. The summed E-state index contributed by atoms with van der Waals surface area (Å²) in [6, 6.07) is 8.91. The molecule has 0 radical (unpaired) electrons. The van der Waals surface area contributed by atoms with Crippen LogP contribution in [0.1, 0.15) is 106 Å². The number of nitrogens with one attached hydrogen (secondary N) is 2. The number of nitrogens with zero attached hydrogens (tertiary/aromatic N) is 5. The standard InChI is InChI=1S/C52H64FN7O13S2/c1-4-31(23-30(2)55-44(63)15-14-43(62)54-17-8-18-59-41(49(67)68)29-75-47(59)38-28-74-46(56-38)34-10-5-6-11-42(34)61)51(3)71-52(73-72-51)16-7-9-33(26-52)70-50(69)58-21-19-57(20-22-58)40-25-39-35(24-37(40)53)45(64)36(48(65)66)27-60(39)32-12-13-32/h5-6,10-11,24-25,27,31-33,38,41,47,61H,2,4,7-9,12-23,26,28-29H2,1,3H3,(H,54,62)(H,55,63)(H,65,66)(H,67,68)/t31?,33?,38-,41+,47?,51-,52-/m1/s1. The number of carbonyl (C=O) groups excluding carboxylic acids is 3. The lowest BCUT2D eigenvalue weighted by Gasteiger charge is -2.39. The fraction of sp³-hybridized carbons (Fsp3) is 0.558. The predicted molar refractivity (Wildman–Crippen MR) is 278 cm³/mol. The van der Waals surface area contributed by atoms with Crippen LogP contribution in [0, 0.1) is 11.7 Å². The van der Waals surface area contributed by atoms with E-state index in [1.807, 2.05) is 24.0 Å². The molecule has 6 aliphatic rings. The lowest BCUT2D eigenvalue weighted by molar-refractivity contribution is -0.361. The van der Waals surface area contributed by atoms with Crippen molar-refractivity contribution in [3.63, 3.8) is 0 Å². The number of carboxylic acid groups (broad SMARTS) is 2. The SMILES string of the molecule is C=C(CC(CC)[C@@]1(C)OO[C@@]2(CCCC(OC(=O)N3CCN(c4cc5c(cc4F)c(=O)c(C(=O)O)cn5C4CC4)CC3)C2)O1)NC(=O)CCC(=O)NCCCN1C([C@H]2CSC(c3ccccc3O)=N2)SC[C@H]1C(=O)O. The molecule has 3 aromatic rings. The molecule has 3 amide bonds. The maximum absolute atomic E-state index is 15.6. The minimum atomic E-state index is -1.36. The minimum Gasteiger partial charge on any atom is -0.507 e. The number of aromatic hydroxyl groups is 1. The van der Waals surface area contributed by atoms with Gasteiger partial charge in [-0.05, 0) is 76.1 Å². The van der Waals surface area contributed by atoms with E-state index >= 15 is 4.39 Å². The molecule has 20 nitrogen and oxygen atoms in total. The third-order valence-corrected chi connectivity index (χ3v) is 17.4. The van der Waals surface area contributed by atoms with Gasteiger partial charge in [0.2, 0.25) is 28.8 Å². The van der Waals surface area contributed by atoms with Gasteiger partial charge in [0.1, 0.15) is 34.3 Å². The number of allylic oxidation sites excluding steroid dienone is 1. The third kappa shape index (κ3) is 12.1. The number of phenolic OH excluding ortho intramolecular Hbond substituents is 1. The quantitative estimate of drug-likeness (QED) is 0.0663. The largest absolute Gasteiger partial charge is 0.507 e. The summed E-state index contributed by atoms with van der Waals surface area (Å²) in [7, 11) is 0. The number of rotatable bonds is 19. The molecule has 75 heavy (non-hydrogen) atoms. The number of aliphatic imine (C=N–C) groups is 1. The number of piperazine rings is 1. The van der Waals surface area contributed by atoms with Gasteiger partial charge in [-0.3, -0.25) is 29.1 Å². The molecule has 23 heteroatoms. The highest BCUT2D eigenvalue weighted by molar-refractivity contribution is 8.14. The molecule has 0 bridgehead atoms. The summed E-state index contributed by atoms with van der Waals surface area (Å²) in [5.74, 6) is -5.11. The van der Waals surface area contributed by atoms with E-state index in [0.717, 1.165) is 24.0 Å². The number of amides is 3. The summed E-state index contributed by atoms with van der Waals surface area (Å²) >= 11 is 3.09. The Morgan fingerprint density at radius 1 is 1.03 bits per heavy atom. The van der Waals surface area contributed by atoms with Crippen LogP contribution < -0.4 is 21.0 Å². The van der Waals surface area contributed by atoms with Crippen LogP contribution in [0.3, 0.4) is 0 Å². The minimum absolute atomic E-state index is 0.0152. The lowest BCUT2D eigenvalue weighted by Crippen LogP contribution is -2.50. The Hall–Kier alpha value is -5.72. The van der Waals surface area contributed by atoms with Crippen molar-refractivity contribution in [2.45, 2.75) is 126 Å². The lowest BCUT2D eigenvalue weighted by atomic mass is 9.89. The number of phenols is 1. The first kappa shape index (κ1) is 54.1. The topological polar surface area (TPSA) is 251 Å². The number of fused-ring (bicyclic) bond motifs is 1. The smallest absolute Gasteiger partial charge is 0.410 e. The predicted octanol–water partition coefficient (Wildman–Crippen LogP) is 6.19. The Morgan fingerprint density at radius 3 is 2.51 bits per heavy atom. The summed E-state index contributed by atoms with van der Waals surface area (Å²) < 4.78 is 30.0. The Balaban J connectivity index is 0.695. The van der Waals surface area contributed by atoms with Gasteiger partial charge in [-0.15, -0.1) is 23.5 Å². The van der Waals surface area contributed by atoms with Crippen LogP contribution in [0.4, 0.5) is 14.9 Å². The first-order chi connectivity index (χ1) is 35.9. The van der Waals surface area contributed by atoms with Crippen molar-refractivity contribution < 1.29 is 62.9 Å². The Morgan fingerprint density at radius 2 is 1.79 bits per heavy atom. The van der Waals surface area contributed by atoms with Crippen molar-refractivity contribution >= 4 is 75.0 Å². The van der Waals surface area contributed by atoms with Gasteiger partial charge in [-0.2, -0.15) is 9.78 Å². The number of pyridine rings is 1. The highest BCUT2D eigenvalue weighted by Crippen LogP contribution is 2.48. The molecule has 2 aliphatic carbocycles. The number of carbonyl (C=O) groups is 5. The van der Waals surface area contributed by atoms with Crippen LogP contribution in [0.2, 0.25) is 0 Å². The second-order valence-corrected chi connectivity index (χ2v) is 22.4. The van der Waals surface area contributed by atoms with Gasteiger partial charge in [-0.1, -0.05) is 25.6 Å². The average molecular weight is 1080 g/mol. The fourth-order valence-electron chi connectivity index (χ4n) is 10.7. The van der Waals surface area contributed by atoms with Crippen LogP contribution in [0.15, 0.2) is 64.7 Å². The first-order valence-electron chi connectivity index (χ1n) is 25.7. The number of benzene rings is 2. The van der Waals surface area contributed by atoms with Crippen molar-refractivity contribution in [3.8, 4) is 5.75 Å². The highest BCUT2D eigenvalue weighted by Gasteiger charge is 2.56. The summed E-state index contributed by atoms with van der Waals surface area (Å²) in [5.41, 5.74) is 0.683. The second-order valence-electron chi connectivity index (χ2n) is 20.2. The Kier molecular flexibility index (Phi) is 16.5. The molecule has 2 aromatic carbocycles. The van der Waals surface area contributed by atoms with Gasteiger partial charge in [-0.25, -0.2) is 14.0 Å². The molecule has 1 aromatic heterocycles. The van der Waals surface area contributed by atoms with Crippen LogP contribution >= 0.6 is 23.5 Å². The monoisotopic (exact) mass is 1080 g/mol. The van der Waals surface area contributed by atoms with Crippen molar-refractivity contribution in [3.05, 3.63) is 82.0 Å². The molecule has 3 saturated heterocycles. The van der Waals surface area contributed by atoms with E-state index in [9.17, 15) is 44.1 Å². The van der Waals surface area contributed by atoms with Gasteiger partial charge in [0.25, 0.3) is 0 Å². The molecule has 9 rings (SSSR count). The normalized spacial score (nSPS) is 26.3. The van der Waals surface area contributed by atoms with Crippen LogP contribution in [0.25, 0.3) is 10.9 Å². The van der Waals surface area contributed by atoms with Gasteiger partial charge in [0.15, 0.2) is 0 Å². The molecule has 4 aliphatic heterocycles. The summed E-state index contributed by atoms with van der Waals surface area (Å²) in [6.07, 6.45) is 5.08. The molecule has 1 spiro atoms. The first-order valence-corrected chi connectivity index (χ1v) is 27.7. The number of para-hydroxylation sites is 1. The van der Waals surface area contributed by atoms with Crippen LogP contribution in [-0.4, -0.2) is 150 Å². The van der Waals surface area contributed by atoms with Crippen molar-refractivity contribution in [1.29, 1.82) is 0 Å². The molecule has 404 valence electrons. The Bertz CT molecular complexity index is 2810. The van der Waals surface area contributed by atoms with Gasteiger partial charge < -0.3 is 49.8 Å². The molecule has 5 N–H and O–H groups in total. The molecule has 5 heterocycles. The number of ether oxygens (including phenoxy) is 2. The van der Waals surface area contributed by atoms with E-state index in [2.05, 4.69) is 17.2 Å². The number of carboxylic acids is 2. The van der Waals surface area contributed by atoms with Crippen molar-refractivity contribution in [2.75, 3.05) is 55.7 Å². The Labute approximate surface area is 441 Å². The molecular formula is C52H64FN7O13S2. The molecule has 5 fully saturated rings. The number of hydrogen-bond donors (Lipinski definition) is 5. The fourth-order valence-corrected chi connectivity index (χ4v) is 13.5. The van der Waals surface area contributed by atoms with Crippen molar-refractivity contribution in [2.24, 2.45) is 10.9 Å². The molecule has 7 atom stereocenters. The third-order valence-electron chi connectivity index (χ3n) is 14.9. The van der Waals surface area contributed by atoms with E-state index < -0.39 is 58.6 Å². The molecule has 2 saturated carbocycles. The summed E-state index contributed by atoms with van der Waals surface area (Å²) in [4.78, 5) is 98.3. The highest BCUT2D eigenvalue weighted by atomic mass is 32.2. The molecule has 3 unspecified atom stereocenters. The summed E-state index contributed by atoms with van der Waals surface area (Å²) in [6.45, 7) is 9.62. The van der Waals surface area contributed by atoms with Crippen LogP contribution in [-0.2, 0) is 33.6 Å². The number of thioether (sulfide) groups is 2. The van der Waals surface area contributed by atoms with E-state index in [1.54, 1.807) is 51.3 Å². The van der Waals surface area contributed by atoms with E-state index in [-0.39, 0.29) is 90.8 Å². The number of halogens is 1. The van der Waals surface area contributed by atoms with E-state index in [4.69, 9.17) is 24.2 Å². The zero-order chi connectivity index (χ0) is 53.2. The summed E-state index contributed by atoms with van der Waals surface area (Å²) in [5, 5.41) is 36.1. The zero-order valence-corrected chi connectivity index (χ0v) is 43.6. The van der Waals surface area contributed by atoms with Crippen molar-refractivity contribution in [1.82, 2.24) is 25.0 Å². The van der Waals surface area contributed by atoms with Gasteiger partial charge in [0, 0.05) is 111 Å².